The van der Waals surface area contributed by atoms with Crippen LogP contribution in [-0.4, -0.2) is 50.2 Å². The Morgan fingerprint density at radius 3 is 2.75 bits per heavy atom. The number of carbonyl (C=O) groups is 1. The Balaban J connectivity index is 1.44. The molecule has 28 heavy (non-hydrogen) atoms. The summed E-state index contributed by atoms with van der Waals surface area (Å²) >= 11 is 0. The lowest BCUT2D eigenvalue weighted by Crippen LogP contribution is -2.39. The van der Waals surface area contributed by atoms with Gasteiger partial charge in [0.15, 0.2) is 0 Å². The second-order valence-electron chi connectivity index (χ2n) is 8.23. The van der Waals surface area contributed by atoms with Gasteiger partial charge in [-0.2, -0.15) is 0 Å². The van der Waals surface area contributed by atoms with E-state index in [9.17, 15) is 9.59 Å². The number of aromatic amines is 1. The predicted octanol–water partition coefficient (Wildman–Crippen LogP) is 1.29. The quantitative estimate of drug-likeness (QED) is 0.828. The summed E-state index contributed by atoms with van der Waals surface area (Å²) in [5, 5.41) is 12.0. The number of hydrogen-bond acceptors (Lipinski definition) is 5. The number of aromatic nitrogens is 4. The largest absolute Gasteiger partial charge is 0.339 e. The van der Waals surface area contributed by atoms with Crippen molar-refractivity contribution in [3.8, 4) is 0 Å². The van der Waals surface area contributed by atoms with Gasteiger partial charge in [-0.25, -0.2) is 0 Å². The monoisotopic (exact) mass is 384 g/mol. The number of amides is 1. The number of pyridine rings is 1. The van der Waals surface area contributed by atoms with Crippen LogP contribution in [-0.2, 0) is 19.5 Å². The van der Waals surface area contributed by atoms with E-state index in [0.717, 1.165) is 56.2 Å². The van der Waals surface area contributed by atoms with Crippen LogP contribution in [0.15, 0.2) is 16.9 Å². The molecule has 0 saturated carbocycles. The Kier molecular flexibility index (Phi) is 5.30. The van der Waals surface area contributed by atoms with Gasteiger partial charge in [0, 0.05) is 49.4 Å². The highest BCUT2D eigenvalue weighted by Crippen LogP contribution is 2.28. The molecule has 0 spiro atoms. The summed E-state index contributed by atoms with van der Waals surface area (Å²) in [4.78, 5) is 29.6. The maximum Gasteiger partial charge on any atom is 0.254 e. The lowest BCUT2D eigenvalue weighted by Gasteiger charge is -2.32. The first kappa shape index (κ1) is 18.9. The third kappa shape index (κ3) is 3.87. The lowest BCUT2D eigenvalue weighted by atomic mass is 9.95. The second-order valence-corrected chi connectivity index (χ2v) is 8.23. The van der Waals surface area contributed by atoms with Gasteiger partial charge < -0.3 is 19.8 Å². The first-order valence-electron chi connectivity index (χ1n) is 10.2. The van der Waals surface area contributed by atoms with Crippen molar-refractivity contribution in [2.24, 2.45) is 5.92 Å². The van der Waals surface area contributed by atoms with Crippen LogP contribution in [0.2, 0.25) is 0 Å². The summed E-state index contributed by atoms with van der Waals surface area (Å²) in [6.45, 7) is 8.16. The van der Waals surface area contributed by atoms with Crippen molar-refractivity contribution in [2.75, 3.05) is 19.6 Å². The molecule has 4 rings (SSSR count). The Morgan fingerprint density at radius 2 is 2.00 bits per heavy atom. The molecule has 2 aromatic rings. The molecular formula is C20H28N6O2. The zero-order valence-electron chi connectivity index (χ0n) is 16.6. The summed E-state index contributed by atoms with van der Waals surface area (Å²) in [7, 11) is 0. The zero-order chi connectivity index (χ0) is 19.7. The van der Waals surface area contributed by atoms with Crippen LogP contribution in [0.1, 0.15) is 60.3 Å². The fourth-order valence-corrected chi connectivity index (χ4v) is 4.21. The van der Waals surface area contributed by atoms with Crippen LogP contribution in [0.5, 0.6) is 0 Å². The number of likely N-dealkylation sites (tertiary alicyclic amines) is 1. The van der Waals surface area contributed by atoms with Crippen LogP contribution >= 0.6 is 0 Å². The van der Waals surface area contributed by atoms with Crippen molar-refractivity contribution in [2.45, 2.75) is 52.1 Å². The van der Waals surface area contributed by atoms with Crippen molar-refractivity contribution in [1.29, 1.82) is 0 Å². The van der Waals surface area contributed by atoms with E-state index in [2.05, 4.69) is 38.9 Å². The Labute approximate surface area is 164 Å². The summed E-state index contributed by atoms with van der Waals surface area (Å²) in [6, 6.07) is 3.25. The number of nitrogens with zero attached hydrogens (tertiary/aromatic N) is 4. The molecule has 8 heteroatoms. The summed E-state index contributed by atoms with van der Waals surface area (Å²) < 4.78 is 2.23. The number of nitrogens with one attached hydrogen (secondary N) is 2. The first-order valence-corrected chi connectivity index (χ1v) is 10.2. The molecule has 2 aliphatic heterocycles. The van der Waals surface area contributed by atoms with Crippen LogP contribution in [0.25, 0.3) is 0 Å². The van der Waals surface area contributed by atoms with Crippen LogP contribution in [0, 0.1) is 5.92 Å². The molecule has 2 N–H and O–H groups in total. The van der Waals surface area contributed by atoms with Gasteiger partial charge in [0.1, 0.15) is 11.6 Å². The molecular weight excluding hydrogens is 356 g/mol. The molecule has 0 atom stereocenters. The Bertz CT molecular complexity index is 908. The molecule has 0 aromatic carbocycles. The summed E-state index contributed by atoms with van der Waals surface area (Å²) in [5.74, 6) is 2.75. The fourth-order valence-electron chi connectivity index (χ4n) is 4.21. The van der Waals surface area contributed by atoms with Crippen molar-refractivity contribution < 1.29 is 4.79 Å². The lowest BCUT2D eigenvalue weighted by molar-refractivity contribution is 0.0709. The van der Waals surface area contributed by atoms with E-state index in [1.807, 2.05) is 11.0 Å². The standard InChI is InChI=1S/C20H28N6O2/c1-13(2)9-16-10-15(11-18(27)22-16)20(28)25-6-3-14(4-7-25)19-24-23-17-12-21-5-8-26(17)19/h10-11,13-14,21H,3-9,12H2,1-2H3,(H,22,27). The summed E-state index contributed by atoms with van der Waals surface area (Å²) in [6.07, 6.45) is 2.50. The maximum absolute atomic E-state index is 12.9. The Morgan fingerprint density at radius 1 is 1.21 bits per heavy atom. The van der Waals surface area contributed by atoms with Crippen molar-refractivity contribution in [1.82, 2.24) is 30.0 Å². The van der Waals surface area contributed by atoms with Crippen LogP contribution in [0.3, 0.4) is 0 Å². The van der Waals surface area contributed by atoms with Crippen molar-refractivity contribution in [3.05, 3.63) is 45.4 Å². The van der Waals surface area contributed by atoms with E-state index in [-0.39, 0.29) is 11.5 Å². The SMILES string of the molecule is CC(C)Cc1cc(C(=O)N2CCC(c3nnc4n3CCNC4)CC2)cc(=O)[nH]1. The van der Waals surface area contributed by atoms with Gasteiger partial charge in [-0.1, -0.05) is 13.8 Å². The molecule has 2 aromatic heterocycles. The Hall–Kier alpha value is -2.48. The molecule has 2 aliphatic rings. The minimum Gasteiger partial charge on any atom is -0.339 e. The van der Waals surface area contributed by atoms with Gasteiger partial charge in [-0.05, 0) is 31.2 Å². The topological polar surface area (TPSA) is 95.9 Å². The number of rotatable bonds is 4. The van der Waals surface area contributed by atoms with E-state index in [4.69, 9.17) is 0 Å². The molecule has 8 nitrogen and oxygen atoms in total. The highest BCUT2D eigenvalue weighted by Gasteiger charge is 2.29. The van der Waals surface area contributed by atoms with Crippen LogP contribution in [0.4, 0.5) is 0 Å². The molecule has 0 radical (unpaired) electrons. The second kappa shape index (κ2) is 7.87. The fraction of sp³-hybridized carbons (Fsp3) is 0.600. The van der Waals surface area contributed by atoms with E-state index in [1.54, 1.807) is 0 Å². The van der Waals surface area contributed by atoms with E-state index < -0.39 is 0 Å². The number of hydrogen-bond donors (Lipinski definition) is 2. The van der Waals surface area contributed by atoms with Gasteiger partial charge >= 0.3 is 0 Å². The number of fused-ring (bicyclic) bond motifs is 1. The van der Waals surface area contributed by atoms with Crippen LogP contribution < -0.4 is 10.9 Å². The van der Waals surface area contributed by atoms with Gasteiger partial charge in [0.05, 0.1) is 6.54 Å². The first-order chi connectivity index (χ1) is 13.5. The molecule has 150 valence electrons. The molecule has 0 unspecified atom stereocenters. The number of piperidine rings is 1. The van der Waals surface area contributed by atoms with Crippen molar-refractivity contribution >= 4 is 5.91 Å². The zero-order valence-corrected chi connectivity index (χ0v) is 16.6. The van der Waals surface area contributed by atoms with Gasteiger partial charge in [-0.3, -0.25) is 9.59 Å². The normalized spacial score (nSPS) is 17.8. The predicted molar refractivity (Wildman–Crippen MR) is 105 cm³/mol. The third-order valence-electron chi connectivity index (χ3n) is 5.57. The minimum absolute atomic E-state index is 0.0537. The van der Waals surface area contributed by atoms with E-state index in [0.29, 0.717) is 30.5 Å². The maximum atomic E-state index is 12.9. The highest BCUT2D eigenvalue weighted by molar-refractivity contribution is 5.94. The highest BCUT2D eigenvalue weighted by atomic mass is 16.2. The molecule has 4 heterocycles. The van der Waals surface area contributed by atoms with Gasteiger partial charge in [0.25, 0.3) is 5.91 Å². The molecule has 0 aliphatic carbocycles. The smallest absolute Gasteiger partial charge is 0.254 e. The van der Waals surface area contributed by atoms with E-state index in [1.165, 1.54) is 6.07 Å². The molecule has 1 saturated heterocycles. The third-order valence-corrected chi connectivity index (χ3v) is 5.57. The molecule has 0 bridgehead atoms. The summed E-state index contributed by atoms with van der Waals surface area (Å²) in [5.41, 5.74) is 1.10. The van der Waals surface area contributed by atoms with Crippen molar-refractivity contribution in [3.63, 3.8) is 0 Å². The number of carbonyl (C=O) groups excluding carboxylic acids is 1. The number of H-pyrrole nitrogens is 1. The average Bonchev–Trinajstić information content (AvgIpc) is 3.11. The molecule has 1 fully saturated rings. The average molecular weight is 384 g/mol. The van der Waals surface area contributed by atoms with Gasteiger partial charge in [-0.15, -0.1) is 10.2 Å². The van der Waals surface area contributed by atoms with Gasteiger partial charge in [0.2, 0.25) is 5.56 Å². The molecule has 1 amide bonds. The minimum atomic E-state index is -0.208. The van der Waals surface area contributed by atoms with E-state index >= 15 is 0 Å².